The third-order valence-electron chi connectivity index (χ3n) is 3.63. The van der Waals surface area contributed by atoms with E-state index in [1.54, 1.807) is 0 Å². The summed E-state index contributed by atoms with van der Waals surface area (Å²) >= 11 is 0. The van der Waals surface area contributed by atoms with Gasteiger partial charge >= 0.3 is 0 Å². The second-order valence-electron chi connectivity index (χ2n) is 5.60. The molecule has 0 spiro atoms. The number of hydrogen-bond acceptors (Lipinski definition) is 4. The quantitative estimate of drug-likeness (QED) is 0.851. The normalized spacial score (nSPS) is 12.2. The third-order valence-corrected chi connectivity index (χ3v) is 3.63. The number of nitrogens with zero attached hydrogens (tertiary/aromatic N) is 2. The first-order valence-electron chi connectivity index (χ1n) is 7.82. The first-order chi connectivity index (χ1) is 10.6. The van der Waals surface area contributed by atoms with Crippen molar-refractivity contribution < 1.29 is 4.74 Å². The molecular weight excluding hydrogens is 274 g/mol. The van der Waals surface area contributed by atoms with Crippen LogP contribution in [0, 0.1) is 20.8 Å². The molecular formula is C18H25N3O. The molecule has 1 N–H and O–H groups in total. The van der Waals surface area contributed by atoms with Gasteiger partial charge in [-0.15, -0.1) is 0 Å². The number of nitrogens with one attached hydrogen (secondary N) is 1. The SMILES string of the molecule is CCC(CNCc1ccccc1C)Oc1cc(C)nc(C)n1. The minimum atomic E-state index is 0.109. The van der Waals surface area contributed by atoms with Crippen LogP contribution < -0.4 is 10.1 Å². The van der Waals surface area contributed by atoms with E-state index < -0.39 is 0 Å². The van der Waals surface area contributed by atoms with Crippen LogP contribution in [0.5, 0.6) is 5.88 Å². The maximum atomic E-state index is 5.98. The molecule has 118 valence electrons. The monoisotopic (exact) mass is 299 g/mol. The fourth-order valence-corrected chi connectivity index (χ4v) is 2.36. The Hall–Kier alpha value is -1.94. The Morgan fingerprint density at radius 2 is 1.91 bits per heavy atom. The van der Waals surface area contributed by atoms with Gasteiger partial charge in [0.05, 0.1) is 0 Å². The molecule has 22 heavy (non-hydrogen) atoms. The van der Waals surface area contributed by atoms with Crippen molar-refractivity contribution in [3.05, 3.63) is 53.0 Å². The van der Waals surface area contributed by atoms with E-state index in [4.69, 9.17) is 4.74 Å². The lowest BCUT2D eigenvalue weighted by Gasteiger charge is -2.18. The highest BCUT2D eigenvalue weighted by atomic mass is 16.5. The first-order valence-corrected chi connectivity index (χ1v) is 7.82. The molecule has 0 aliphatic rings. The van der Waals surface area contributed by atoms with E-state index in [1.807, 2.05) is 19.9 Å². The molecule has 0 radical (unpaired) electrons. The highest BCUT2D eigenvalue weighted by Gasteiger charge is 2.10. The predicted octanol–water partition coefficient (Wildman–Crippen LogP) is 3.35. The number of rotatable bonds is 7. The highest BCUT2D eigenvalue weighted by molar-refractivity contribution is 5.25. The van der Waals surface area contributed by atoms with Crippen molar-refractivity contribution in [3.63, 3.8) is 0 Å². The minimum absolute atomic E-state index is 0.109. The van der Waals surface area contributed by atoms with Gasteiger partial charge in [0.25, 0.3) is 0 Å². The van der Waals surface area contributed by atoms with Gasteiger partial charge in [0.15, 0.2) is 0 Å². The summed E-state index contributed by atoms with van der Waals surface area (Å²) in [6.45, 7) is 9.76. The summed E-state index contributed by atoms with van der Waals surface area (Å²) in [4.78, 5) is 8.61. The van der Waals surface area contributed by atoms with Crippen molar-refractivity contribution in [1.29, 1.82) is 0 Å². The van der Waals surface area contributed by atoms with Crippen molar-refractivity contribution in [2.24, 2.45) is 0 Å². The average Bonchev–Trinajstić information content (AvgIpc) is 2.47. The summed E-state index contributed by atoms with van der Waals surface area (Å²) in [5.74, 6) is 1.41. The fraction of sp³-hybridized carbons (Fsp3) is 0.444. The number of aryl methyl sites for hydroxylation is 3. The van der Waals surface area contributed by atoms with E-state index in [2.05, 4.69) is 53.4 Å². The summed E-state index contributed by atoms with van der Waals surface area (Å²) in [7, 11) is 0. The molecule has 0 amide bonds. The molecule has 1 aromatic heterocycles. The van der Waals surface area contributed by atoms with E-state index in [0.717, 1.165) is 31.0 Å². The predicted molar refractivity (Wildman–Crippen MR) is 89.1 cm³/mol. The van der Waals surface area contributed by atoms with Gasteiger partial charge in [-0.3, -0.25) is 0 Å². The average molecular weight is 299 g/mol. The van der Waals surface area contributed by atoms with Crippen molar-refractivity contribution in [1.82, 2.24) is 15.3 Å². The Kier molecular flexibility index (Phi) is 5.90. The molecule has 1 atom stereocenters. The minimum Gasteiger partial charge on any atom is -0.473 e. The molecule has 0 aliphatic carbocycles. The molecule has 0 aliphatic heterocycles. The van der Waals surface area contributed by atoms with Crippen molar-refractivity contribution in [2.45, 2.75) is 46.8 Å². The topological polar surface area (TPSA) is 47.0 Å². The zero-order valence-corrected chi connectivity index (χ0v) is 13.9. The molecule has 2 aromatic rings. The van der Waals surface area contributed by atoms with Gasteiger partial charge in [-0.1, -0.05) is 31.2 Å². The van der Waals surface area contributed by atoms with Gasteiger partial charge in [-0.2, -0.15) is 4.98 Å². The van der Waals surface area contributed by atoms with E-state index in [0.29, 0.717) is 5.88 Å². The maximum absolute atomic E-state index is 5.98. The van der Waals surface area contributed by atoms with E-state index in [9.17, 15) is 0 Å². The van der Waals surface area contributed by atoms with Crippen LogP contribution in [-0.2, 0) is 6.54 Å². The van der Waals surface area contributed by atoms with E-state index >= 15 is 0 Å². The largest absolute Gasteiger partial charge is 0.473 e. The van der Waals surface area contributed by atoms with Crippen LogP contribution in [0.25, 0.3) is 0 Å². The van der Waals surface area contributed by atoms with Crippen LogP contribution in [0.4, 0.5) is 0 Å². The van der Waals surface area contributed by atoms with E-state index in [-0.39, 0.29) is 6.10 Å². The van der Waals surface area contributed by atoms with Gasteiger partial charge in [-0.25, -0.2) is 4.98 Å². The van der Waals surface area contributed by atoms with Crippen LogP contribution in [0.15, 0.2) is 30.3 Å². The molecule has 0 saturated heterocycles. The van der Waals surface area contributed by atoms with Crippen LogP contribution in [-0.4, -0.2) is 22.6 Å². The lowest BCUT2D eigenvalue weighted by molar-refractivity contribution is 0.184. The summed E-state index contributed by atoms with van der Waals surface area (Å²) in [5.41, 5.74) is 3.57. The summed E-state index contributed by atoms with van der Waals surface area (Å²) in [6.07, 6.45) is 1.04. The smallest absolute Gasteiger partial charge is 0.217 e. The molecule has 0 fully saturated rings. The molecule has 1 aromatic carbocycles. The second kappa shape index (κ2) is 7.90. The number of benzene rings is 1. The van der Waals surface area contributed by atoms with Gasteiger partial charge < -0.3 is 10.1 Å². The number of hydrogen-bond donors (Lipinski definition) is 1. The molecule has 1 unspecified atom stereocenters. The van der Waals surface area contributed by atoms with Gasteiger partial charge in [0.2, 0.25) is 5.88 Å². The lowest BCUT2D eigenvalue weighted by Crippen LogP contribution is -2.31. The van der Waals surface area contributed by atoms with Crippen LogP contribution in [0.2, 0.25) is 0 Å². The zero-order chi connectivity index (χ0) is 15.9. The fourth-order valence-electron chi connectivity index (χ4n) is 2.36. The van der Waals surface area contributed by atoms with Gasteiger partial charge in [-0.05, 0) is 38.3 Å². The Morgan fingerprint density at radius 3 is 2.59 bits per heavy atom. The highest BCUT2D eigenvalue weighted by Crippen LogP contribution is 2.12. The zero-order valence-electron chi connectivity index (χ0n) is 13.9. The van der Waals surface area contributed by atoms with Crippen molar-refractivity contribution in [2.75, 3.05) is 6.54 Å². The van der Waals surface area contributed by atoms with Gasteiger partial charge in [0, 0.05) is 24.8 Å². The molecule has 0 saturated carbocycles. The van der Waals surface area contributed by atoms with Crippen LogP contribution in [0.1, 0.15) is 36.0 Å². The Balaban J connectivity index is 1.88. The van der Waals surface area contributed by atoms with Crippen LogP contribution >= 0.6 is 0 Å². The lowest BCUT2D eigenvalue weighted by atomic mass is 10.1. The molecule has 0 bridgehead atoms. The second-order valence-corrected chi connectivity index (χ2v) is 5.60. The third kappa shape index (κ3) is 4.81. The number of ether oxygens (including phenoxy) is 1. The standard InChI is InChI=1S/C18H25N3O/c1-5-17(22-18-10-14(3)20-15(4)21-18)12-19-11-16-9-7-6-8-13(16)2/h6-10,17,19H,5,11-12H2,1-4H3. The van der Waals surface area contributed by atoms with Crippen LogP contribution in [0.3, 0.4) is 0 Å². The van der Waals surface area contributed by atoms with Gasteiger partial charge in [0.1, 0.15) is 11.9 Å². The summed E-state index contributed by atoms with van der Waals surface area (Å²) in [6, 6.07) is 10.3. The maximum Gasteiger partial charge on any atom is 0.217 e. The van der Waals surface area contributed by atoms with Crippen molar-refractivity contribution in [3.8, 4) is 5.88 Å². The molecule has 4 nitrogen and oxygen atoms in total. The molecule has 2 rings (SSSR count). The van der Waals surface area contributed by atoms with E-state index in [1.165, 1.54) is 11.1 Å². The van der Waals surface area contributed by atoms with Crippen molar-refractivity contribution >= 4 is 0 Å². The molecule has 4 heteroatoms. The Labute approximate surface area is 133 Å². The number of aromatic nitrogens is 2. The Bertz CT molecular complexity index is 593. The summed E-state index contributed by atoms with van der Waals surface area (Å²) in [5, 5.41) is 3.47. The summed E-state index contributed by atoms with van der Waals surface area (Å²) < 4.78 is 5.98. The first kappa shape index (κ1) is 16.4. The Morgan fingerprint density at radius 1 is 1.14 bits per heavy atom. The molecule has 1 heterocycles.